The summed E-state index contributed by atoms with van der Waals surface area (Å²) in [7, 11) is 3.75. The van der Waals surface area contributed by atoms with E-state index in [0.717, 1.165) is 22.8 Å². The normalized spacial score (nSPS) is 10.8. The molecule has 0 saturated heterocycles. The number of hydrogen-bond donors (Lipinski definition) is 2. The van der Waals surface area contributed by atoms with Crippen molar-refractivity contribution >= 4 is 41.5 Å². The number of anilines is 1. The van der Waals surface area contributed by atoms with Gasteiger partial charge in [0.2, 0.25) is 0 Å². The van der Waals surface area contributed by atoms with Gasteiger partial charge >= 0.3 is 0 Å². The monoisotopic (exact) mass is 548 g/mol. The van der Waals surface area contributed by atoms with Crippen LogP contribution in [0.25, 0.3) is 0 Å². The number of nitrogens with one attached hydrogen (secondary N) is 2. The van der Waals surface area contributed by atoms with Gasteiger partial charge in [0.1, 0.15) is 5.75 Å². The first-order chi connectivity index (χ1) is 15.1. The Bertz CT molecular complexity index is 1000. The summed E-state index contributed by atoms with van der Waals surface area (Å²) < 4.78 is 10.6. The summed E-state index contributed by atoms with van der Waals surface area (Å²) in [5.41, 5.74) is 2.89. The SMILES string of the molecule is CCOc1ccc(CN(C)C(=NC)NCc2cccc(NC(=O)c3ccco3)c2)cc1.I. The third-order valence-corrected chi connectivity index (χ3v) is 4.61. The van der Waals surface area contributed by atoms with Crippen molar-refractivity contribution in [1.29, 1.82) is 0 Å². The summed E-state index contributed by atoms with van der Waals surface area (Å²) in [4.78, 5) is 18.6. The van der Waals surface area contributed by atoms with Crippen molar-refractivity contribution in [2.24, 2.45) is 4.99 Å². The zero-order chi connectivity index (χ0) is 22.1. The van der Waals surface area contributed by atoms with Crippen molar-refractivity contribution < 1.29 is 13.9 Å². The minimum atomic E-state index is -0.277. The summed E-state index contributed by atoms with van der Waals surface area (Å²) in [6.45, 7) is 3.92. The second kappa shape index (κ2) is 12.7. The Morgan fingerprint density at radius 1 is 1.09 bits per heavy atom. The van der Waals surface area contributed by atoms with Crippen LogP contribution < -0.4 is 15.4 Å². The second-order valence-corrected chi connectivity index (χ2v) is 6.97. The first kappa shape index (κ1) is 25.3. The highest BCUT2D eigenvalue weighted by Crippen LogP contribution is 2.14. The molecule has 3 rings (SSSR count). The van der Waals surface area contributed by atoms with Crippen LogP contribution in [-0.2, 0) is 13.1 Å². The molecule has 32 heavy (non-hydrogen) atoms. The number of amides is 1. The van der Waals surface area contributed by atoms with Gasteiger partial charge in [-0.05, 0) is 54.4 Å². The standard InChI is InChI=1S/C24H28N4O3.HI/c1-4-30-21-12-10-18(11-13-21)17-28(3)24(25-2)26-16-19-7-5-8-20(15-19)27-23(29)22-9-6-14-31-22;/h5-15H,4,16-17H2,1-3H3,(H,25,26)(H,27,29);1H. The summed E-state index contributed by atoms with van der Waals surface area (Å²) in [6.07, 6.45) is 1.48. The Labute approximate surface area is 205 Å². The highest BCUT2D eigenvalue weighted by atomic mass is 127. The lowest BCUT2D eigenvalue weighted by molar-refractivity contribution is 0.0996. The number of carbonyl (C=O) groups is 1. The summed E-state index contributed by atoms with van der Waals surface area (Å²) in [5, 5.41) is 6.21. The topological polar surface area (TPSA) is 79.1 Å². The highest BCUT2D eigenvalue weighted by Gasteiger charge is 2.10. The van der Waals surface area contributed by atoms with Gasteiger partial charge in [0, 0.05) is 32.9 Å². The van der Waals surface area contributed by atoms with E-state index in [-0.39, 0.29) is 35.6 Å². The molecule has 0 aliphatic heterocycles. The first-order valence-corrected chi connectivity index (χ1v) is 10.2. The maximum Gasteiger partial charge on any atom is 0.291 e. The first-order valence-electron chi connectivity index (χ1n) is 10.2. The van der Waals surface area contributed by atoms with Crippen molar-refractivity contribution in [1.82, 2.24) is 10.2 Å². The Hall–Kier alpha value is -3.01. The van der Waals surface area contributed by atoms with E-state index in [1.165, 1.54) is 6.26 Å². The third kappa shape index (κ3) is 7.30. The van der Waals surface area contributed by atoms with Crippen molar-refractivity contribution in [3.8, 4) is 5.75 Å². The van der Waals surface area contributed by atoms with E-state index in [0.29, 0.717) is 25.4 Å². The maximum absolute atomic E-state index is 12.2. The minimum absolute atomic E-state index is 0. The predicted molar refractivity (Wildman–Crippen MR) is 138 cm³/mol. The number of rotatable bonds is 8. The van der Waals surface area contributed by atoms with Gasteiger partial charge in [-0.2, -0.15) is 0 Å². The van der Waals surface area contributed by atoms with Gasteiger partial charge in [-0.1, -0.05) is 24.3 Å². The molecule has 2 N–H and O–H groups in total. The van der Waals surface area contributed by atoms with E-state index >= 15 is 0 Å². The van der Waals surface area contributed by atoms with Gasteiger partial charge in [-0.25, -0.2) is 0 Å². The van der Waals surface area contributed by atoms with Gasteiger partial charge in [0.05, 0.1) is 12.9 Å². The molecule has 170 valence electrons. The molecule has 0 aliphatic rings. The average molecular weight is 548 g/mol. The Balaban J connectivity index is 0.00000363. The fourth-order valence-electron chi connectivity index (χ4n) is 3.13. The fraction of sp³-hybridized carbons (Fsp3) is 0.250. The van der Waals surface area contributed by atoms with Gasteiger partial charge < -0.3 is 24.7 Å². The molecular formula is C24H29IN4O3. The van der Waals surface area contributed by atoms with Crippen LogP contribution in [0.3, 0.4) is 0 Å². The average Bonchev–Trinajstić information content (AvgIpc) is 3.31. The van der Waals surface area contributed by atoms with Gasteiger partial charge in [0.15, 0.2) is 11.7 Å². The highest BCUT2D eigenvalue weighted by molar-refractivity contribution is 14.0. The number of aliphatic imine (C=N–C) groups is 1. The molecule has 2 aromatic carbocycles. The zero-order valence-electron chi connectivity index (χ0n) is 18.5. The molecule has 7 nitrogen and oxygen atoms in total. The Morgan fingerprint density at radius 3 is 2.53 bits per heavy atom. The summed E-state index contributed by atoms with van der Waals surface area (Å²) >= 11 is 0. The third-order valence-electron chi connectivity index (χ3n) is 4.61. The van der Waals surface area contributed by atoms with Crippen LogP contribution >= 0.6 is 24.0 Å². The fourth-order valence-corrected chi connectivity index (χ4v) is 3.13. The molecule has 0 spiro atoms. The minimum Gasteiger partial charge on any atom is -0.494 e. The molecule has 1 heterocycles. The number of halogens is 1. The van der Waals surface area contributed by atoms with E-state index in [2.05, 4.69) is 32.7 Å². The van der Waals surface area contributed by atoms with Crippen molar-refractivity contribution in [3.05, 3.63) is 83.8 Å². The number of carbonyl (C=O) groups excluding carboxylic acids is 1. The molecule has 0 aliphatic carbocycles. The molecule has 0 unspecified atom stereocenters. The smallest absolute Gasteiger partial charge is 0.291 e. The lowest BCUT2D eigenvalue weighted by Crippen LogP contribution is -2.38. The van der Waals surface area contributed by atoms with Gasteiger partial charge in [0.25, 0.3) is 5.91 Å². The number of benzene rings is 2. The lowest BCUT2D eigenvalue weighted by atomic mass is 10.2. The van der Waals surface area contributed by atoms with Crippen molar-refractivity contribution in [3.63, 3.8) is 0 Å². The lowest BCUT2D eigenvalue weighted by Gasteiger charge is -2.22. The molecule has 1 aromatic heterocycles. The summed E-state index contributed by atoms with van der Waals surface area (Å²) in [5.74, 6) is 1.65. The van der Waals surface area contributed by atoms with Crippen LogP contribution in [0, 0.1) is 0 Å². The molecular weight excluding hydrogens is 519 g/mol. The van der Waals surface area contributed by atoms with Crippen LogP contribution in [0.2, 0.25) is 0 Å². The quantitative estimate of drug-likeness (QED) is 0.241. The molecule has 0 atom stereocenters. The number of guanidine groups is 1. The second-order valence-electron chi connectivity index (χ2n) is 6.97. The largest absolute Gasteiger partial charge is 0.494 e. The molecule has 0 radical (unpaired) electrons. The van der Waals surface area contributed by atoms with E-state index < -0.39 is 0 Å². The van der Waals surface area contributed by atoms with Crippen LogP contribution in [0.1, 0.15) is 28.6 Å². The predicted octanol–water partition coefficient (Wildman–Crippen LogP) is 4.76. The molecule has 8 heteroatoms. The molecule has 0 saturated carbocycles. The number of hydrogen-bond acceptors (Lipinski definition) is 4. The van der Waals surface area contributed by atoms with E-state index in [1.54, 1.807) is 19.2 Å². The van der Waals surface area contributed by atoms with E-state index in [1.807, 2.05) is 50.4 Å². The van der Waals surface area contributed by atoms with E-state index in [9.17, 15) is 4.79 Å². The zero-order valence-corrected chi connectivity index (χ0v) is 20.8. The Kier molecular flexibility index (Phi) is 10.1. The number of furan rings is 1. The number of nitrogens with zero attached hydrogens (tertiary/aromatic N) is 2. The van der Waals surface area contributed by atoms with Crippen molar-refractivity contribution in [2.45, 2.75) is 20.0 Å². The van der Waals surface area contributed by atoms with Crippen LogP contribution in [0.15, 0.2) is 76.3 Å². The van der Waals surface area contributed by atoms with Gasteiger partial charge in [-0.15, -0.1) is 24.0 Å². The molecule has 0 fully saturated rings. The van der Waals surface area contributed by atoms with Crippen LogP contribution in [-0.4, -0.2) is 37.5 Å². The summed E-state index contributed by atoms with van der Waals surface area (Å²) in [6, 6.07) is 19.0. The Morgan fingerprint density at radius 2 is 1.88 bits per heavy atom. The molecule has 3 aromatic rings. The van der Waals surface area contributed by atoms with Gasteiger partial charge in [-0.3, -0.25) is 9.79 Å². The maximum atomic E-state index is 12.2. The van der Waals surface area contributed by atoms with E-state index in [4.69, 9.17) is 9.15 Å². The van der Waals surface area contributed by atoms with Crippen molar-refractivity contribution in [2.75, 3.05) is 26.0 Å². The van der Waals surface area contributed by atoms with Crippen LogP contribution in [0.4, 0.5) is 5.69 Å². The molecule has 1 amide bonds. The molecule has 0 bridgehead atoms. The number of ether oxygens (including phenoxy) is 1. The van der Waals surface area contributed by atoms with Crippen LogP contribution in [0.5, 0.6) is 5.75 Å².